The largest absolute Gasteiger partial charge is 0.376 e. The van der Waals surface area contributed by atoms with E-state index in [4.69, 9.17) is 4.74 Å². The van der Waals surface area contributed by atoms with Crippen LogP contribution in [0.2, 0.25) is 0 Å². The standard InChI is InChI=1S/C17H29N5O2.ClH/c23-17(19-11-12-24-15-5-3-1-2-4-6-15)16-13-22(21-20-16)14-7-9-18-10-8-14;/h13-15,18H,1-12H2,(H,19,23);1H. The third kappa shape index (κ3) is 6.24. The summed E-state index contributed by atoms with van der Waals surface area (Å²) in [5.74, 6) is -0.167. The number of hydrogen-bond donors (Lipinski definition) is 2. The Labute approximate surface area is 155 Å². The van der Waals surface area contributed by atoms with E-state index >= 15 is 0 Å². The highest BCUT2D eigenvalue weighted by Gasteiger charge is 2.18. The molecular weight excluding hydrogens is 342 g/mol. The van der Waals surface area contributed by atoms with E-state index in [1.165, 1.54) is 25.7 Å². The molecule has 1 aliphatic heterocycles. The zero-order chi connectivity index (χ0) is 16.6. The first kappa shape index (κ1) is 20.1. The van der Waals surface area contributed by atoms with Gasteiger partial charge >= 0.3 is 0 Å². The Balaban J connectivity index is 0.00000225. The first-order valence-electron chi connectivity index (χ1n) is 9.35. The van der Waals surface area contributed by atoms with Gasteiger partial charge in [0.1, 0.15) is 0 Å². The van der Waals surface area contributed by atoms with Crippen LogP contribution in [-0.2, 0) is 4.74 Å². The molecule has 25 heavy (non-hydrogen) atoms. The molecule has 2 N–H and O–H groups in total. The van der Waals surface area contributed by atoms with Crippen LogP contribution in [0.1, 0.15) is 67.9 Å². The van der Waals surface area contributed by atoms with Crippen molar-refractivity contribution in [3.05, 3.63) is 11.9 Å². The average Bonchev–Trinajstić information content (AvgIpc) is 2.97. The molecule has 3 rings (SSSR count). The minimum Gasteiger partial charge on any atom is -0.376 e. The van der Waals surface area contributed by atoms with E-state index in [0.29, 0.717) is 31.0 Å². The topological polar surface area (TPSA) is 81.1 Å². The molecule has 142 valence electrons. The van der Waals surface area contributed by atoms with E-state index in [-0.39, 0.29) is 18.3 Å². The molecule has 7 nitrogen and oxygen atoms in total. The second kappa shape index (κ2) is 10.7. The van der Waals surface area contributed by atoms with Gasteiger partial charge in [0, 0.05) is 6.54 Å². The van der Waals surface area contributed by atoms with Gasteiger partial charge in [0.15, 0.2) is 5.69 Å². The van der Waals surface area contributed by atoms with Crippen LogP contribution in [0.25, 0.3) is 0 Å². The number of nitrogens with zero attached hydrogens (tertiary/aromatic N) is 3. The quantitative estimate of drug-likeness (QED) is 0.591. The monoisotopic (exact) mass is 371 g/mol. The number of carbonyl (C=O) groups is 1. The summed E-state index contributed by atoms with van der Waals surface area (Å²) in [6.45, 7) is 3.07. The summed E-state index contributed by atoms with van der Waals surface area (Å²) in [5.41, 5.74) is 0.392. The molecule has 0 aromatic carbocycles. The molecule has 1 saturated carbocycles. The molecule has 0 spiro atoms. The van der Waals surface area contributed by atoms with Crippen molar-refractivity contribution in [2.45, 2.75) is 63.5 Å². The molecule has 1 aliphatic carbocycles. The maximum absolute atomic E-state index is 12.2. The number of carbonyl (C=O) groups excluding carboxylic acids is 1. The second-order valence-electron chi connectivity index (χ2n) is 6.81. The molecule has 0 bridgehead atoms. The molecule has 0 atom stereocenters. The maximum Gasteiger partial charge on any atom is 0.273 e. The van der Waals surface area contributed by atoms with Crippen LogP contribution >= 0.6 is 12.4 Å². The number of nitrogens with one attached hydrogen (secondary N) is 2. The average molecular weight is 372 g/mol. The van der Waals surface area contributed by atoms with Crippen molar-refractivity contribution < 1.29 is 9.53 Å². The van der Waals surface area contributed by atoms with E-state index in [2.05, 4.69) is 20.9 Å². The third-order valence-electron chi connectivity index (χ3n) is 4.97. The lowest BCUT2D eigenvalue weighted by Gasteiger charge is -2.22. The van der Waals surface area contributed by atoms with Crippen molar-refractivity contribution in [2.75, 3.05) is 26.2 Å². The number of aromatic nitrogens is 3. The van der Waals surface area contributed by atoms with Gasteiger partial charge in [-0.25, -0.2) is 4.68 Å². The van der Waals surface area contributed by atoms with E-state index in [9.17, 15) is 4.79 Å². The first-order chi connectivity index (χ1) is 11.8. The zero-order valence-electron chi connectivity index (χ0n) is 14.8. The number of halogens is 1. The highest BCUT2D eigenvalue weighted by Crippen LogP contribution is 2.19. The van der Waals surface area contributed by atoms with Crippen LogP contribution in [-0.4, -0.2) is 53.2 Å². The third-order valence-corrected chi connectivity index (χ3v) is 4.97. The van der Waals surface area contributed by atoms with Gasteiger partial charge in [-0.15, -0.1) is 17.5 Å². The van der Waals surface area contributed by atoms with Crippen LogP contribution in [0.4, 0.5) is 0 Å². The van der Waals surface area contributed by atoms with Crippen LogP contribution < -0.4 is 10.6 Å². The summed E-state index contributed by atoms with van der Waals surface area (Å²) >= 11 is 0. The lowest BCUT2D eigenvalue weighted by atomic mass is 10.1. The Hall–Kier alpha value is -1.18. The summed E-state index contributed by atoms with van der Waals surface area (Å²) in [6, 6.07) is 0.346. The van der Waals surface area contributed by atoms with Crippen molar-refractivity contribution in [2.24, 2.45) is 0 Å². The van der Waals surface area contributed by atoms with Crippen molar-refractivity contribution >= 4 is 18.3 Å². The molecule has 1 saturated heterocycles. The molecule has 8 heteroatoms. The van der Waals surface area contributed by atoms with Gasteiger partial charge in [0.2, 0.25) is 0 Å². The highest BCUT2D eigenvalue weighted by atomic mass is 35.5. The SMILES string of the molecule is Cl.O=C(NCCOC1CCCCCC1)c1cn(C2CCNCC2)nn1. The van der Waals surface area contributed by atoms with Crippen LogP contribution in [0, 0.1) is 0 Å². The van der Waals surface area contributed by atoms with E-state index in [0.717, 1.165) is 38.8 Å². The fraction of sp³-hybridized carbons (Fsp3) is 0.824. The first-order valence-corrected chi connectivity index (χ1v) is 9.35. The Morgan fingerprint density at radius 1 is 1.20 bits per heavy atom. The van der Waals surface area contributed by atoms with Gasteiger partial charge in [0.25, 0.3) is 5.91 Å². The predicted octanol–water partition coefficient (Wildman–Crippen LogP) is 2.09. The normalized spacial score (nSPS) is 19.8. The zero-order valence-corrected chi connectivity index (χ0v) is 15.6. The molecule has 0 unspecified atom stereocenters. The van der Waals surface area contributed by atoms with Crippen molar-refractivity contribution in [3.63, 3.8) is 0 Å². The predicted molar refractivity (Wildman–Crippen MR) is 98.2 cm³/mol. The molecule has 1 aromatic rings. The van der Waals surface area contributed by atoms with Crippen molar-refractivity contribution in [3.8, 4) is 0 Å². The molecule has 2 aliphatic rings. The van der Waals surface area contributed by atoms with Gasteiger partial charge in [-0.05, 0) is 38.8 Å². The van der Waals surface area contributed by atoms with Gasteiger partial charge in [-0.1, -0.05) is 30.9 Å². The van der Waals surface area contributed by atoms with E-state index in [1.807, 2.05) is 4.68 Å². The molecule has 2 heterocycles. The number of rotatable bonds is 6. The number of ether oxygens (including phenoxy) is 1. The minimum absolute atomic E-state index is 0. The molecule has 1 aromatic heterocycles. The fourth-order valence-electron chi connectivity index (χ4n) is 3.52. The maximum atomic E-state index is 12.2. The molecule has 1 amide bonds. The summed E-state index contributed by atoms with van der Waals surface area (Å²) in [5, 5.41) is 14.3. The summed E-state index contributed by atoms with van der Waals surface area (Å²) in [7, 11) is 0. The number of piperidine rings is 1. The van der Waals surface area contributed by atoms with Crippen LogP contribution in [0.15, 0.2) is 6.20 Å². The Morgan fingerprint density at radius 2 is 1.92 bits per heavy atom. The Morgan fingerprint density at radius 3 is 2.64 bits per heavy atom. The summed E-state index contributed by atoms with van der Waals surface area (Å²) < 4.78 is 7.72. The fourth-order valence-corrected chi connectivity index (χ4v) is 3.52. The van der Waals surface area contributed by atoms with Gasteiger partial charge in [-0.3, -0.25) is 4.79 Å². The van der Waals surface area contributed by atoms with Crippen LogP contribution in [0.5, 0.6) is 0 Å². The lowest BCUT2D eigenvalue weighted by Crippen LogP contribution is -2.30. The Bertz CT molecular complexity index is 511. The molecular formula is C17H30ClN5O2. The minimum atomic E-state index is -0.167. The highest BCUT2D eigenvalue weighted by molar-refractivity contribution is 5.91. The molecule has 0 radical (unpaired) electrons. The van der Waals surface area contributed by atoms with Gasteiger partial charge < -0.3 is 15.4 Å². The summed E-state index contributed by atoms with van der Waals surface area (Å²) in [6.07, 6.45) is 11.7. The van der Waals surface area contributed by atoms with E-state index < -0.39 is 0 Å². The van der Waals surface area contributed by atoms with Gasteiger partial charge in [-0.2, -0.15) is 0 Å². The van der Waals surface area contributed by atoms with E-state index in [1.54, 1.807) is 6.20 Å². The second-order valence-corrected chi connectivity index (χ2v) is 6.81. The van der Waals surface area contributed by atoms with Crippen molar-refractivity contribution in [1.82, 2.24) is 25.6 Å². The summed E-state index contributed by atoms with van der Waals surface area (Å²) in [4.78, 5) is 12.2. The number of hydrogen-bond acceptors (Lipinski definition) is 5. The molecule has 2 fully saturated rings. The van der Waals surface area contributed by atoms with Crippen LogP contribution in [0.3, 0.4) is 0 Å². The lowest BCUT2D eigenvalue weighted by molar-refractivity contribution is 0.0441. The number of amides is 1. The smallest absolute Gasteiger partial charge is 0.273 e. The van der Waals surface area contributed by atoms with Gasteiger partial charge in [0.05, 0.1) is 24.9 Å². The van der Waals surface area contributed by atoms with Crippen molar-refractivity contribution in [1.29, 1.82) is 0 Å². The Kier molecular flexibility index (Phi) is 8.64.